The van der Waals surface area contributed by atoms with Crippen molar-refractivity contribution in [1.29, 1.82) is 0 Å². The van der Waals surface area contributed by atoms with E-state index in [2.05, 4.69) is 40.9 Å². The molecular weight excluding hydrogens is 354 g/mol. The summed E-state index contributed by atoms with van der Waals surface area (Å²) in [6.45, 7) is 0. The number of nitrogens with zero attached hydrogens (tertiary/aromatic N) is 2. The first-order valence-corrected chi connectivity index (χ1v) is 9.53. The Morgan fingerprint density at radius 1 is 1.24 bits per heavy atom. The number of fused-ring (bicyclic) bond motifs is 1. The van der Waals surface area contributed by atoms with Crippen LogP contribution in [0, 0.1) is 0 Å². The number of nitrogens with one attached hydrogen (secondary N) is 1. The molecule has 1 aliphatic rings. The van der Waals surface area contributed by atoms with E-state index in [-0.39, 0.29) is 11.8 Å². The van der Waals surface area contributed by atoms with Crippen molar-refractivity contribution >= 4 is 35.1 Å². The average Bonchev–Trinajstić information content (AvgIpc) is 3.05. The number of amides is 1. The largest absolute Gasteiger partial charge is 0.310 e. The molecule has 4 nitrogen and oxygen atoms in total. The lowest BCUT2D eigenvalue weighted by Gasteiger charge is -2.24. The summed E-state index contributed by atoms with van der Waals surface area (Å²) in [5, 5.41) is 8.09. The van der Waals surface area contributed by atoms with Crippen molar-refractivity contribution in [3.05, 3.63) is 70.9 Å². The average molecular weight is 370 g/mol. The van der Waals surface area contributed by atoms with Gasteiger partial charge in [-0.1, -0.05) is 29.8 Å². The van der Waals surface area contributed by atoms with Gasteiger partial charge in [-0.3, -0.25) is 4.79 Å². The molecule has 1 atom stereocenters. The van der Waals surface area contributed by atoms with E-state index in [1.807, 2.05) is 30.5 Å². The number of aromatic nitrogens is 2. The molecule has 1 aliphatic heterocycles. The minimum atomic E-state index is -0.00442. The molecule has 3 aromatic rings. The topological polar surface area (TPSA) is 46.9 Å². The normalized spacial score (nSPS) is 16.4. The van der Waals surface area contributed by atoms with E-state index in [0.717, 1.165) is 22.6 Å². The number of thioether (sulfide) groups is 1. The zero-order valence-corrected chi connectivity index (χ0v) is 15.1. The van der Waals surface area contributed by atoms with Gasteiger partial charge in [0.05, 0.1) is 11.9 Å². The van der Waals surface area contributed by atoms with Gasteiger partial charge in [0.15, 0.2) is 0 Å². The van der Waals surface area contributed by atoms with Gasteiger partial charge in [0.25, 0.3) is 0 Å². The minimum absolute atomic E-state index is 0.00442. The molecule has 2 heterocycles. The lowest BCUT2D eigenvalue weighted by molar-refractivity contribution is -0.116. The standard InChI is InChI=1S/C19H16ClN3OS/c1-25-15-7-5-12(6-8-15)16-10-18(24)22-19-17(16)11-21-23(19)14-4-2-3-13(20)9-14/h2-9,11,16H,10H2,1H3,(H,22,24)/t16-/m1/s1. The van der Waals surface area contributed by atoms with E-state index in [0.29, 0.717) is 11.4 Å². The number of anilines is 1. The Balaban J connectivity index is 1.78. The Labute approximate surface area is 155 Å². The van der Waals surface area contributed by atoms with Crippen molar-refractivity contribution in [2.75, 3.05) is 11.6 Å². The third kappa shape index (κ3) is 3.05. The molecule has 0 saturated heterocycles. The van der Waals surface area contributed by atoms with Crippen molar-refractivity contribution in [3.8, 4) is 5.69 Å². The van der Waals surface area contributed by atoms with E-state index < -0.39 is 0 Å². The van der Waals surface area contributed by atoms with Crippen LogP contribution < -0.4 is 5.32 Å². The molecule has 0 radical (unpaired) electrons. The summed E-state index contributed by atoms with van der Waals surface area (Å²) in [7, 11) is 0. The molecule has 6 heteroatoms. The molecule has 126 valence electrons. The second kappa shape index (κ2) is 6.58. The molecule has 2 aromatic carbocycles. The first-order valence-electron chi connectivity index (χ1n) is 7.93. The van der Waals surface area contributed by atoms with E-state index in [1.165, 1.54) is 4.90 Å². The maximum Gasteiger partial charge on any atom is 0.226 e. The molecule has 1 N–H and O–H groups in total. The summed E-state index contributed by atoms with van der Waals surface area (Å²) in [4.78, 5) is 13.5. The molecule has 4 rings (SSSR count). The zero-order valence-electron chi connectivity index (χ0n) is 13.6. The van der Waals surface area contributed by atoms with Crippen LogP contribution in [0.1, 0.15) is 23.5 Å². The lowest BCUT2D eigenvalue weighted by Crippen LogP contribution is -2.24. The first kappa shape index (κ1) is 16.2. The molecule has 0 unspecified atom stereocenters. The Morgan fingerprint density at radius 2 is 2.04 bits per heavy atom. The van der Waals surface area contributed by atoms with E-state index >= 15 is 0 Å². The third-order valence-electron chi connectivity index (χ3n) is 4.39. The van der Waals surface area contributed by atoms with E-state index in [9.17, 15) is 4.79 Å². The highest BCUT2D eigenvalue weighted by atomic mass is 35.5. The summed E-state index contributed by atoms with van der Waals surface area (Å²) in [6, 6.07) is 15.8. The van der Waals surface area contributed by atoms with Crippen LogP contribution in [0.25, 0.3) is 5.69 Å². The Bertz CT molecular complexity index is 936. The van der Waals surface area contributed by atoms with E-state index in [4.69, 9.17) is 11.6 Å². The van der Waals surface area contributed by atoms with Gasteiger partial charge in [-0.25, -0.2) is 4.68 Å². The maximum atomic E-state index is 12.3. The second-order valence-corrected chi connectivity index (χ2v) is 7.23. The van der Waals surface area contributed by atoms with Gasteiger partial charge >= 0.3 is 0 Å². The molecule has 0 saturated carbocycles. The molecule has 0 spiro atoms. The van der Waals surface area contributed by atoms with Crippen LogP contribution in [0.2, 0.25) is 5.02 Å². The van der Waals surface area contributed by atoms with Gasteiger partial charge in [0.2, 0.25) is 5.91 Å². The van der Waals surface area contributed by atoms with Crippen LogP contribution in [-0.2, 0) is 4.79 Å². The lowest BCUT2D eigenvalue weighted by atomic mass is 9.87. The fraction of sp³-hybridized carbons (Fsp3) is 0.158. The molecule has 0 aliphatic carbocycles. The number of carbonyl (C=O) groups is 1. The smallest absolute Gasteiger partial charge is 0.226 e. The van der Waals surface area contributed by atoms with Crippen molar-refractivity contribution in [1.82, 2.24) is 9.78 Å². The summed E-state index contributed by atoms with van der Waals surface area (Å²) in [5.74, 6) is 0.722. The van der Waals surface area contributed by atoms with Gasteiger partial charge in [-0.05, 0) is 42.2 Å². The van der Waals surface area contributed by atoms with Gasteiger partial charge in [0, 0.05) is 27.8 Å². The molecule has 0 fully saturated rings. The van der Waals surface area contributed by atoms with Crippen LogP contribution in [0.4, 0.5) is 5.82 Å². The monoisotopic (exact) mass is 369 g/mol. The highest BCUT2D eigenvalue weighted by Crippen LogP contribution is 2.38. The van der Waals surface area contributed by atoms with Crippen LogP contribution in [0.15, 0.2) is 59.6 Å². The van der Waals surface area contributed by atoms with Crippen LogP contribution in [0.3, 0.4) is 0 Å². The molecular formula is C19H16ClN3OS. The van der Waals surface area contributed by atoms with Crippen LogP contribution in [0.5, 0.6) is 0 Å². The minimum Gasteiger partial charge on any atom is -0.310 e. The number of carbonyl (C=O) groups excluding carboxylic acids is 1. The fourth-order valence-electron chi connectivity index (χ4n) is 3.16. The number of rotatable bonds is 3. The Morgan fingerprint density at radius 3 is 2.76 bits per heavy atom. The first-order chi connectivity index (χ1) is 12.2. The maximum absolute atomic E-state index is 12.3. The fourth-order valence-corrected chi connectivity index (χ4v) is 3.75. The molecule has 0 bridgehead atoms. The highest BCUT2D eigenvalue weighted by molar-refractivity contribution is 7.98. The predicted octanol–water partition coefficient (Wildman–Crippen LogP) is 4.72. The third-order valence-corrected chi connectivity index (χ3v) is 5.37. The number of hydrogen-bond acceptors (Lipinski definition) is 3. The van der Waals surface area contributed by atoms with Crippen molar-refractivity contribution < 1.29 is 4.79 Å². The summed E-state index contributed by atoms with van der Waals surface area (Å²) in [5.41, 5.74) is 2.98. The summed E-state index contributed by atoms with van der Waals surface area (Å²) >= 11 is 7.80. The highest BCUT2D eigenvalue weighted by Gasteiger charge is 2.30. The number of benzene rings is 2. The quantitative estimate of drug-likeness (QED) is 0.679. The van der Waals surface area contributed by atoms with Gasteiger partial charge in [-0.15, -0.1) is 11.8 Å². The van der Waals surface area contributed by atoms with Crippen molar-refractivity contribution in [2.45, 2.75) is 17.2 Å². The van der Waals surface area contributed by atoms with E-state index in [1.54, 1.807) is 16.4 Å². The Hall–Kier alpha value is -2.24. The zero-order chi connectivity index (χ0) is 17.4. The molecule has 25 heavy (non-hydrogen) atoms. The van der Waals surface area contributed by atoms with Gasteiger partial charge in [0.1, 0.15) is 5.82 Å². The SMILES string of the molecule is CSc1ccc([C@H]2CC(=O)Nc3c2cnn3-c2cccc(Cl)c2)cc1. The number of halogens is 1. The molecule has 1 amide bonds. The van der Waals surface area contributed by atoms with Crippen molar-refractivity contribution in [3.63, 3.8) is 0 Å². The van der Waals surface area contributed by atoms with Crippen LogP contribution >= 0.6 is 23.4 Å². The van der Waals surface area contributed by atoms with Gasteiger partial charge < -0.3 is 5.32 Å². The van der Waals surface area contributed by atoms with Crippen molar-refractivity contribution in [2.24, 2.45) is 0 Å². The number of hydrogen-bond donors (Lipinski definition) is 1. The summed E-state index contributed by atoms with van der Waals surface area (Å²) < 4.78 is 1.74. The van der Waals surface area contributed by atoms with Crippen LogP contribution in [-0.4, -0.2) is 21.9 Å². The predicted molar refractivity (Wildman–Crippen MR) is 102 cm³/mol. The second-order valence-electron chi connectivity index (χ2n) is 5.92. The molecule has 1 aromatic heterocycles. The summed E-state index contributed by atoms with van der Waals surface area (Å²) in [6.07, 6.45) is 4.31. The Kier molecular flexibility index (Phi) is 4.27. The van der Waals surface area contributed by atoms with Gasteiger partial charge in [-0.2, -0.15) is 5.10 Å².